The Morgan fingerprint density at radius 3 is 3.06 bits per heavy atom. The van der Waals surface area contributed by atoms with Crippen molar-refractivity contribution in [1.29, 1.82) is 0 Å². The molecule has 1 aliphatic rings. The van der Waals surface area contributed by atoms with Gasteiger partial charge in [0.05, 0.1) is 22.7 Å². The Morgan fingerprint density at radius 2 is 2.35 bits per heavy atom. The third-order valence-electron chi connectivity index (χ3n) is 3.24. The number of methoxy groups -OCH3 is 1. The van der Waals surface area contributed by atoms with Crippen LogP contribution in [0.15, 0.2) is 18.2 Å². The van der Waals surface area contributed by atoms with E-state index in [1.807, 2.05) is 18.2 Å². The summed E-state index contributed by atoms with van der Waals surface area (Å²) in [6.07, 6.45) is 1.21. The first kappa shape index (κ1) is 11.0. The average Bonchev–Trinajstić information content (AvgIpc) is 2.95. The zero-order chi connectivity index (χ0) is 11.8. The predicted octanol–water partition coefficient (Wildman–Crippen LogP) is 2.27. The van der Waals surface area contributed by atoms with Crippen LogP contribution >= 0.6 is 11.6 Å². The highest BCUT2D eigenvalue weighted by atomic mass is 35.5. The molecule has 1 aromatic heterocycles. The smallest absolute Gasteiger partial charge is 0.124 e. The minimum Gasteiger partial charge on any atom is -0.380 e. The van der Waals surface area contributed by atoms with E-state index in [0.717, 1.165) is 29.8 Å². The highest BCUT2D eigenvalue weighted by molar-refractivity contribution is 6.34. The molecule has 1 saturated heterocycles. The van der Waals surface area contributed by atoms with Crippen molar-refractivity contribution in [3.8, 4) is 0 Å². The van der Waals surface area contributed by atoms with Gasteiger partial charge in [0, 0.05) is 13.7 Å². The molecule has 90 valence electrons. The minimum absolute atomic E-state index is 0.225. The highest BCUT2D eigenvalue weighted by Gasteiger charge is 2.27. The van der Waals surface area contributed by atoms with Crippen LogP contribution in [-0.2, 0) is 4.74 Å². The molecule has 4 nitrogen and oxygen atoms in total. The predicted molar refractivity (Wildman–Crippen MR) is 67.3 cm³/mol. The molecule has 0 radical (unpaired) electrons. The van der Waals surface area contributed by atoms with Crippen molar-refractivity contribution < 1.29 is 4.74 Å². The van der Waals surface area contributed by atoms with Crippen LogP contribution in [0.1, 0.15) is 18.3 Å². The number of hydrogen-bond acceptors (Lipinski definition) is 3. The van der Waals surface area contributed by atoms with Crippen molar-refractivity contribution in [1.82, 2.24) is 15.3 Å². The van der Waals surface area contributed by atoms with Gasteiger partial charge < -0.3 is 15.0 Å². The molecule has 1 aromatic carbocycles. The van der Waals surface area contributed by atoms with Gasteiger partial charge in [-0.05, 0) is 18.6 Å². The number of hydrogen-bond donors (Lipinski definition) is 2. The third-order valence-corrected chi connectivity index (χ3v) is 3.54. The summed E-state index contributed by atoms with van der Waals surface area (Å²) in [5.74, 6) is 0.938. The molecular weight excluding hydrogens is 238 g/mol. The van der Waals surface area contributed by atoms with E-state index in [1.165, 1.54) is 0 Å². The molecule has 0 bridgehead atoms. The molecule has 0 aliphatic carbocycles. The van der Waals surface area contributed by atoms with E-state index in [4.69, 9.17) is 16.3 Å². The number of rotatable bonds is 2. The molecule has 3 rings (SSSR count). The fourth-order valence-electron chi connectivity index (χ4n) is 2.27. The summed E-state index contributed by atoms with van der Waals surface area (Å²) < 4.78 is 5.33. The molecule has 2 unspecified atom stereocenters. The zero-order valence-corrected chi connectivity index (χ0v) is 10.3. The van der Waals surface area contributed by atoms with E-state index in [0.29, 0.717) is 5.02 Å². The number of imidazole rings is 1. The van der Waals surface area contributed by atoms with Crippen LogP contribution in [0, 0.1) is 0 Å². The van der Waals surface area contributed by atoms with Gasteiger partial charge in [-0.15, -0.1) is 0 Å². The second-order valence-electron chi connectivity index (χ2n) is 4.31. The quantitative estimate of drug-likeness (QED) is 0.861. The molecule has 5 heteroatoms. The van der Waals surface area contributed by atoms with Gasteiger partial charge >= 0.3 is 0 Å². The molecule has 0 amide bonds. The summed E-state index contributed by atoms with van der Waals surface area (Å²) in [6.45, 7) is 0.867. The monoisotopic (exact) mass is 251 g/mol. The normalized spacial score (nSPS) is 24.6. The number of benzene rings is 1. The number of nitrogens with zero attached hydrogens (tertiary/aromatic N) is 1. The second-order valence-corrected chi connectivity index (χ2v) is 4.72. The van der Waals surface area contributed by atoms with Crippen LogP contribution in [-0.4, -0.2) is 29.7 Å². The lowest BCUT2D eigenvalue weighted by Gasteiger charge is -2.06. The van der Waals surface area contributed by atoms with E-state index in [2.05, 4.69) is 15.3 Å². The Balaban J connectivity index is 1.94. The number of aromatic nitrogens is 2. The Hall–Kier alpha value is -1.10. The first-order valence-corrected chi connectivity index (χ1v) is 6.06. The van der Waals surface area contributed by atoms with Gasteiger partial charge in [-0.3, -0.25) is 0 Å². The summed E-state index contributed by atoms with van der Waals surface area (Å²) in [4.78, 5) is 7.87. The topological polar surface area (TPSA) is 49.9 Å². The summed E-state index contributed by atoms with van der Waals surface area (Å²) in [5, 5.41) is 4.08. The van der Waals surface area contributed by atoms with Crippen LogP contribution in [0.4, 0.5) is 0 Å². The maximum atomic E-state index is 6.11. The van der Waals surface area contributed by atoms with Gasteiger partial charge in [-0.1, -0.05) is 17.7 Å². The number of aromatic amines is 1. The fraction of sp³-hybridized carbons (Fsp3) is 0.417. The van der Waals surface area contributed by atoms with Gasteiger partial charge in [-0.2, -0.15) is 0 Å². The SMILES string of the molecule is COC1CNC(c2nc3c(Cl)cccc3[nH]2)C1. The van der Waals surface area contributed by atoms with Gasteiger partial charge in [0.2, 0.25) is 0 Å². The first-order chi connectivity index (χ1) is 8.28. The minimum atomic E-state index is 0.225. The standard InChI is InChI=1S/C12H14ClN3O/c1-17-7-5-10(14-6-7)12-15-9-4-2-3-8(13)11(9)16-12/h2-4,7,10,14H,5-6H2,1H3,(H,15,16). The van der Waals surface area contributed by atoms with Crippen molar-refractivity contribution in [2.45, 2.75) is 18.6 Å². The van der Waals surface area contributed by atoms with E-state index >= 15 is 0 Å². The van der Waals surface area contributed by atoms with Crippen molar-refractivity contribution in [3.05, 3.63) is 29.0 Å². The van der Waals surface area contributed by atoms with Crippen LogP contribution in [0.2, 0.25) is 5.02 Å². The highest BCUT2D eigenvalue weighted by Crippen LogP contribution is 2.27. The summed E-state index contributed by atoms with van der Waals surface area (Å²) in [6, 6.07) is 5.99. The molecule has 0 spiro atoms. The van der Waals surface area contributed by atoms with Crippen LogP contribution in [0.25, 0.3) is 11.0 Å². The zero-order valence-electron chi connectivity index (χ0n) is 9.53. The first-order valence-electron chi connectivity index (χ1n) is 5.68. The Kier molecular flexibility index (Phi) is 2.78. The molecule has 2 aromatic rings. The Labute approximate surface area is 104 Å². The van der Waals surface area contributed by atoms with Crippen molar-refractivity contribution >= 4 is 22.6 Å². The number of fused-ring (bicyclic) bond motifs is 1. The maximum absolute atomic E-state index is 6.11. The Morgan fingerprint density at radius 1 is 1.47 bits per heavy atom. The molecular formula is C12H14ClN3O. The number of H-pyrrole nitrogens is 1. The summed E-state index contributed by atoms with van der Waals surface area (Å²) in [5.41, 5.74) is 1.82. The number of halogens is 1. The van der Waals surface area contributed by atoms with Crippen LogP contribution < -0.4 is 5.32 Å². The summed E-state index contributed by atoms with van der Waals surface area (Å²) >= 11 is 6.11. The van der Waals surface area contributed by atoms with Gasteiger partial charge in [0.1, 0.15) is 11.3 Å². The molecule has 1 aliphatic heterocycles. The summed E-state index contributed by atoms with van der Waals surface area (Å²) in [7, 11) is 1.74. The lowest BCUT2D eigenvalue weighted by Crippen LogP contribution is -2.16. The van der Waals surface area contributed by atoms with Crippen molar-refractivity contribution in [2.75, 3.05) is 13.7 Å². The van der Waals surface area contributed by atoms with Gasteiger partial charge in [0.15, 0.2) is 0 Å². The molecule has 2 atom stereocenters. The molecule has 0 saturated carbocycles. The lowest BCUT2D eigenvalue weighted by molar-refractivity contribution is 0.117. The number of nitrogens with one attached hydrogen (secondary N) is 2. The van der Waals surface area contributed by atoms with E-state index in [1.54, 1.807) is 7.11 Å². The molecule has 2 N–H and O–H groups in total. The Bertz CT molecular complexity index is 540. The number of ether oxygens (including phenoxy) is 1. The van der Waals surface area contributed by atoms with E-state index in [9.17, 15) is 0 Å². The fourth-order valence-corrected chi connectivity index (χ4v) is 2.49. The van der Waals surface area contributed by atoms with E-state index < -0.39 is 0 Å². The van der Waals surface area contributed by atoms with Gasteiger partial charge in [-0.25, -0.2) is 4.98 Å². The van der Waals surface area contributed by atoms with Crippen molar-refractivity contribution in [2.24, 2.45) is 0 Å². The third kappa shape index (κ3) is 1.92. The van der Waals surface area contributed by atoms with Gasteiger partial charge in [0.25, 0.3) is 0 Å². The largest absolute Gasteiger partial charge is 0.380 e. The van der Waals surface area contributed by atoms with Crippen LogP contribution in [0.5, 0.6) is 0 Å². The molecule has 1 fully saturated rings. The second kappa shape index (κ2) is 4.29. The lowest BCUT2D eigenvalue weighted by atomic mass is 10.2. The number of para-hydroxylation sites is 1. The average molecular weight is 252 g/mol. The maximum Gasteiger partial charge on any atom is 0.124 e. The van der Waals surface area contributed by atoms with E-state index in [-0.39, 0.29) is 12.1 Å². The molecule has 17 heavy (non-hydrogen) atoms. The van der Waals surface area contributed by atoms with Crippen LogP contribution in [0.3, 0.4) is 0 Å². The van der Waals surface area contributed by atoms with Crippen molar-refractivity contribution in [3.63, 3.8) is 0 Å². The molecule has 2 heterocycles.